The molecule has 1 aliphatic rings. The number of likely N-dealkylation sites (tertiary alicyclic amines) is 1. The lowest BCUT2D eigenvalue weighted by Gasteiger charge is -2.34. The molecule has 2 rings (SSSR count). The van der Waals surface area contributed by atoms with Crippen molar-refractivity contribution in [2.24, 2.45) is 0 Å². The minimum absolute atomic E-state index is 0.0379. The molecule has 0 aromatic heterocycles. The van der Waals surface area contributed by atoms with E-state index in [0.29, 0.717) is 6.54 Å². The van der Waals surface area contributed by atoms with E-state index in [9.17, 15) is 9.59 Å². The third kappa shape index (κ3) is 6.12. The maximum atomic E-state index is 12.4. The molecule has 2 N–H and O–H groups in total. The molecule has 0 spiro atoms. The number of hydrogen-bond donors (Lipinski definition) is 2. The molecule has 1 aliphatic heterocycles. The van der Waals surface area contributed by atoms with E-state index in [2.05, 4.69) is 38.4 Å². The standard InChI is InChI=1S/C19H28BrN3O2/c1-3-11-23-12-5-4-6-17(23)19(25)21-10-9-18(24)22-16-13-15(20)8-7-14(16)2/h7-8,13,17H,3-6,9-12H2,1-2H3,(H,21,25)(H,22,24). The summed E-state index contributed by atoms with van der Waals surface area (Å²) in [5.41, 5.74) is 1.81. The van der Waals surface area contributed by atoms with Crippen molar-refractivity contribution >= 4 is 33.4 Å². The molecule has 5 nitrogen and oxygen atoms in total. The number of nitrogens with one attached hydrogen (secondary N) is 2. The first kappa shape index (κ1) is 19.9. The van der Waals surface area contributed by atoms with Crippen molar-refractivity contribution in [3.05, 3.63) is 28.2 Å². The van der Waals surface area contributed by atoms with Crippen LogP contribution in [0.1, 0.15) is 44.6 Å². The summed E-state index contributed by atoms with van der Waals surface area (Å²) in [5.74, 6) is -0.0323. The molecule has 1 atom stereocenters. The van der Waals surface area contributed by atoms with Crippen LogP contribution in [-0.4, -0.2) is 42.4 Å². The predicted octanol–water partition coefficient (Wildman–Crippen LogP) is 3.47. The largest absolute Gasteiger partial charge is 0.354 e. The van der Waals surface area contributed by atoms with Gasteiger partial charge in [0.2, 0.25) is 11.8 Å². The van der Waals surface area contributed by atoms with Gasteiger partial charge in [-0.1, -0.05) is 35.3 Å². The van der Waals surface area contributed by atoms with Gasteiger partial charge in [-0.05, 0) is 57.0 Å². The third-order valence-electron chi connectivity index (χ3n) is 4.55. The number of carbonyl (C=O) groups is 2. The van der Waals surface area contributed by atoms with Crippen LogP contribution in [-0.2, 0) is 9.59 Å². The van der Waals surface area contributed by atoms with Crippen LogP contribution in [0.25, 0.3) is 0 Å². The fourth-order valence-corrected chi connectivity index (χ4v) is 3.56. The SMILES string of the molecule is CCCN1CCCCC1C(=O)NCCC(=O)Nc1cc(Br)ccc1C. The average molecular weight is 410 g/mol. The maximum Gasteiger partial charge on any atom is 0.237 e. The molecule has 1 unspecified atom stereocenters. The summed E-state index contributed by atoms with van der Waals surface area (Å²) >= 11 is 3.41. The van der Waals surface area contributed by atoms with Crippen molar-refractivity contribution in [1.82, 2.24) is 10.2 Å². The number of piperidine rings is 1. The smallest absolute Gasteiger partial charge is 0.237 e. The molecule has 1 fully saturated rings. The molecule has 138 valence electrons. The molecule has 6 heteroatoms. The second-order valence-electron chi connectivity index (χ2n) is 6.60. The second kappa shape index (κ2) is 9.92. The number of anilines is 1. The second-order valence-corrected chi connectivity index (χ2v) is 7.51. The molecule has 0 saturated carbocycles. The number of amides is 2. The Morgan fingerprint density at radius 3 is 2.88 bits per heavy atom. The fourth-order valence-electron chi connectivity index (χ4n) is 3.20. The van der Waals surface area contributed by atoms with Crippen molar-refractivity contribution in [2.45, 2.75) is 52.0 Å². The van der Waals surface area contributed by atoms with Gasteiger partial charge in [0.05, 0.1) is 6.04 Å². The Morgan fingerprint density at radius 1 is 1.32 bits per heavy atom. The van der Waals surface area contributed by atoms with Crippen LogP contribution < -0.4 is 10.6 Å². The van der Waals surface area contributed by atoms with Gasteiger partial charge < -0.3 is 10.6 Å². The summed E-state index contributed by atoms with van der Waals surface area (Å²) < 4.78 is 0.926. The maximum absolute atomic E-state index is 12.4. The summed E-state index contributed by atoms with van der Waals surface area (Å²) in [6.45, 7) is 6.41. The van der Waals surface area contributed by atoms with Crippen LogP contribution in [0.2, 0.25) is 0 Å². The number of hydrogen-bond acceptors (Lipinski definition) is 3. The Hall–Kier alpha value is -1.40. The van der Waals surface area contributed by atoms with Gasteiger partial charge in [0, 0.05) is 23.1 Å². The minimum atomic E-state index is -0.0874. The van der Waals surface area contributed by atoms with Crippen molar-refractivity contribution in [1.29, 1.82) is 0 Å². The quantitative estimate of drug-likeness (QED) is 0.724. The lowest BCUT2D eigenvalue weighted by Crippen LogP contribution is -2.50. The van der Waals surface area contributed by atoms with E-state index in [0.717, 1.165) is 54.5 Å². The van der Waals surface area contributed by atoms with Crippen LogP contribution in [0.4, 0.5) is 5.69 Å². The lowest BCUT2D eigenvalue weighted by molar-refractivity contribution is -0.127. The summed E-state index contributed by atoms with van der Waals surface area (Å²) in [5, 5.41) is 5.84. The van der Waals surface area contributed by atoms with E-state index in [1.807, 2.05) is 25.1 Å². The molecule has 0 aliphatic carbocycles. The zero-order chi connectivity index (χ0) is 18.2. The van der Waals surface area contributed by atoms with Gasteiger partial charge >= 0.3 is 0 Å². The first-order valence-electron chi connectivity index (χ1n) is 9.09. The number of rotatable bonds is 7. The normalized spacial score (nSPS) is 18.0. The van der Waals surface area contributed by atoms with Crippen LogP contribution in [0, 0.1) is 6.92 Å². The number of halogens is 1. The van der Waals surface area contributed by atoms with E-state index in [1.54, 1.807) is 0 Å². The van der Waals surface area contributed by atoms with E-state index in [4.69, 9.17) is 0 Å². The van der Waals surface area contributed by atoms with E-state index < -0.39 is 0 Å². The van der Waals surface area contributed by atoms with Gasteiger partial charge in [0.25, 0.3) is 0 Å². The Morgan fingerprint density at radius 2 is 2.12 bits per heavy atom. The highest BCUT2D eigenvalue weighted by molar-refractivity contribution is 9.10. The zero-order valence-corrected chi connectivity index (χ0v) is 16.7. The Labute approximate surface area is 158 Å². The summed E-state index contributed by atoms with van der Waals surface area (Å²) in [4.78, 5) is 26.8. The minimum Gasteiger partial charge on any atom is -0.354 e. The van der Waals surface area contributed by atoms with Gasteiger partial charge in [-0.3, -0.25) is 14.5 Å². The highest BCUT2D eigenvalue weighted by Crippen LogP contribution is 2.21. The number of aryl methyl sites for hydroxylation is 1. The van der Waals surface area contributed by atoms with Crippen LogP contribution in [0.5, 0.6) is 0 Å². The fraction of sp³-hybridized carbons (Fsp3) is 0.579. The van der Waals surface area contributed by atoms with Crippen LogP contribution in [0.3, 0.4) is 0 Å². The van der Waals surface area contributed by atoms with Crippen LogP contribution >= 0.6 is 15.9 Å². The average Bonchev–Trinajstić information content (AvgIpc) is 2.59. The zero-order valence-electron chi connectivity index (χ0n) is 15.1. The van der Waals surface area contributed by atoms with Crippen molar-refractivity contribution < 1.29 is 9.59 Å². The first-order chi connectivity index (χ1) is 12.0. The highest BCUT2D eigenvalue weighted by atomic mass is 79.9. The van der Waals surface area contributed by atoms with Gasteiger partial charge in [-0.25, -0.2) is 0 Å². The number of carbonyl (C=O) groups excluding carboxylic acids is 2. The van der Waals surface area contributed by atoms with Gasteiger partial charge in [-0.2, -0.15) is 0 Å². The number of nitrogens with zero attached hydrogens (tertiary/aromatic N) is 1. The Balaban J connectivity index is 1.78. The van der Waals surface area contributed by atoms with Crippen LogP contribution in [0.15, 0.2) is 22.7 Å². The molecule has 1 heterocycles. The molecule has 0 radical (unpaired) electrons. The van der Waals surface area contributed by atoms with Crippen molar-refractivity contribution in [3.8, 4) is 0 Å². The molecule has 1 aromatic rings. The molecule has 25 heavy (non-hydrogen) atoms. The Kier molecular flexibility index (Phi) is 7.90. The van der Waals surface area contributed by atoms with Gasteiger partial charge in [-0.15, -0.1) is 0 Å². The number of benzene rings is 1. The first-order valence-corrected chi connectivity index (χ1v) is 9.88. The third-order valence-corrected chi connectivity index (χ3v) is 5.05. The highest BCUT2D eigenvalue weighted by Gasteiger charge is 2.27. The summed E-state index contributed by atoms with van der Waals surface area (Å²) in [6.07, 6.45) is 4.50. The lowest BCUT2D eigenvalue weighted by atomic mass is 10.0. The Bertz CT molecular complexity index is 604. The van der Waals surface area contributed by atoms with E-state index in [1.165, 1.54) is 0 Å². The molecule has 2 amide bonds. The van der Waals surface area contributed by atoms with Gasteiger partial charge in [0.1, 0.15) is 0 Å². The molecular formula is C19H28BrN3O2. The van der Waals surface area contributed by atoms with Gasteiger partial charge in [0.15, 0.2) is 0 Å². The van der Waals surface area contributed by atoms with Crippen molar-refractivity contribution in [3.63, 3.8) is 0 Å². The molecule has 0 bridgehead atoms. The van der Waals surface area contributed by atoms with Crippen molar-refractivity contribution in [2.75, 3.05) is 25.0 Å². The van der Waals surface area contributed by atoms with E-state index in [-0.39, 0.29) is 24.3 Å². The van der Waals surface area contributed by atoms with E-state index >= 15 is 0 Å². The summed E-state index contributed by atoms with van der Waals surface area (Å²) in [7, 11) is 0. The monoisotopic (exact) mass is 409 g/mol. The molecular weight excluding hydrogens is 382 g/mol. The molecule has 1 aromatic carbocycles. The predicted molar refractivity (Wildman–Crippen MR) is 105 cm³/mol. The summed E-state index contributed by atoms with van der Waals surface area (Å²) in [6, 6.07) is 5.74. The molecule has 1 saturated heterocycles. The topological polar surface area (TPSA) is 61.4 Å².